The van der Waals surface area contributed by atoms with Crippen LogP contribution >= 0.6 is 0 Å². The van der Waals surface area contributed by atoms with Crippen molar-refractivity contribution in [2.24, 2.45) is 11.8 Å². The summed E-state index contributed by atoms with van der Waals surface area (Å²) in [4.78, 5) is 11.3. The summed E-state index contributed by atoms with van der Waals surface area (Å²) in [5.74, 6) is -1.02. The van der Waals surface area contributed by atoms with Gasteiger partial charge in [-0.05, 0) is 32.1 Å². The van der Waals surface area contributed by atoms with E-state index < -0.39 is 117 Å². The lowest BCUT2D eigenvalue weighted by Gasteiger charge is -2.50. The van der Waals surface area contributed by atoms with Gasteiger partial charge in [-0.3, -0.25) is 4.79 Å². The Bertz CT molecular complexity index is 963. The molecule has 5 aliphatic rings. The summed E-state index contributed by atoms with van der Waals surface area (Å²) in [6.45, 7) is 0.169. The van der Waals surface area contributed by atoms with E-state index in [1.165, 1.54) is 6.92 Å². The Labute approximate surface area is 260 Å². The van der Waals surface area contributed by atoms with Crippen molar-refractivity contribution in [3.8, 4) is 0 Å². The maximum Gasteiger partial charge on any atom is 0.302 e. The third kappa shape index (κ3) is 7.81. The number of esters is 1. The van der Waals surface area contributed by atoms with Crippen molar-refractivity contribution in [1.82, 2.24) is 0 Å². The summed E-state index contributed by atoms with van der Waals surface area (Å²) < 4.78 is 33.9. The first-order valence-electron chi connectivity index (χ1n) is 15.9. The standard InChI is InChI=1S/C29H48O16/c1-11(31)40-10-20-22(35)24(37)26(39)28(45-20)42-17-7-14(33)6-16-15(17)8-18(27(41-16)12-2-4-13(32)5-3-12)43-29-25(38)23(36)21(34)19(9-30)44-29/h12-30,32-39H,2-10H2,1H3/p+1. The molecule has 0 aromatic carbocycles. The molecule has 16 atom stereocenters. The first-order chi connectivity index (χ1) is 21.4. The SMILES string of the molecule is CC(=O)OCC1OC(OC2CC(O)CC3[OH+]C(C4CCC(O)CC4)C(OC4OC(CO)C(O)C(O)C4O)CC23)C(O)C(O)C1O. The molecule has 0 amide bonds. The van der Waals surface area contributed by atoms with Crippen molar-refractivity contribution in [3.05, 3.63) is 0 Å². The van der Waals surface area contributed by atoms with Gasteiger partial charge in [-0.1, -0.05) is 0 Å². The van der Waals surface area contributed by atoms with Crippen LogP contribution < -0.4 is 0 Å². The molecular weight excluding hydrogens is 604 g/mol. The van der Waals surface area contributed by atoms with Crippen LogP contribution in [0.25, 0.3) is 0 Å². The van der Waals surface area contributed by atoms with E-state index in [1.807, 2.05) is 0 Å². The van der Waals surface area contributed by atoms with E-state index in [-0.39, 0.29) is 25.4 Å². The Morgan fingerprint density at radius 3 is 1.89 bits per heavy atom. The van der Waals surface area contributed by atoms with Gasteiger partial charge in [0.05, 0.1) is 30.8 Å². The van der Waals surface area contributed by atoms with E-state index in [0.717, 1.165) is 0 Å². The van der Waals surface area contributed by atoms with E-state index in [2.05, 4.69) is 0 Å². The molecular formula is C29H49O16+. The summed E-state index contributed by atoms with van der Waals surface area (Å²) in [5, 5.41) is 93.5. The molecule has 0 spiro atoms. The van der Waals surface area contributed by atoms with Gasteiger partial charge in [-0.25, -0.2) is 0 Å². The Morgan fingerprint density at radius 2 is 1.29 bits per heavy atom. The van der Waals surface area contributed by atoms with Crippen molar-refractivity contribution in [3.63, 3.8) is 0 Å². The van der Waals surface area contributed by atoms with Gasteiger partial charge in [0.15, 0.2) is 24.8 Å². The predicted molar refractivity (Wildman–Crippen MR) is 148 cm³/mol. The highest BCUT2D eigenvalue weighted by molar-refractivity contribution is 5.65. The van der Waals surface area contributed by atoms with E-state index >= 15 is 0 Å². The van der Waals surface area contributed by atoms with Crippen LogP contribution in [0, 0.1) is 11.8 Å². The molecule has 2 saturated carbocycles. The van der Waals surface area contributed by atoms with E-state index in [1.54, 1.807) is 0 Å². The first-order valence-corrected chi connectivity index (χ1v) is 15.9. The highest BCUT2D eigenvalue weighted by Crippen LogP contribution is 2.43. The van der Waals surface area contributed by atoms with E-state index in [4.69, 9.17) is 28.4 Å². The van der Waals surface area contributed by atoms with Crippen LogP contribution in [-0.2, 0) is 28.5 Å². The zero-order valence-corrected chi connectivity index (χ0v) is 25.2. The number of hydrogen-bond donors (Lipinski definition) is 9. The first kappa shape index (κ1) is 35.2. The topological polar surface area (TPSA) is 258 Å². The molecule has 10 N–H and O–H groups in total. The third-order valence-electron chi connectivity index (χ3n) is 10.0. The van der Waals surface area contributed by atoms with Gasteiger partial charge in [-0.15, -0.1) is 0 Å². The summed E-state index contributed by atoms with van der Waals surface area (Å²) in [6, 6.07) is 0. The van der Waals surface area contributed by atoms with Gasteiger partial charge >= 0.3 is 5.97 Å². The molecule has 16 heteroatoms. The molecule has 5 fully saturated rings. The van der Waals surface area contributed by atoms with Crippen molar-refractivity contribution in [1.29, 1.82) is 0 Å². The van der Waals surface area contributed by atoms with Crippen molar-refractivity contribution in [2.45, 2.75) is 150 Å². The number of fused-ring (bicyclic) bond motifs is 1. The molecule has 3 aliphatic heterocycles. The lowest BCUT2D eigenvalue weighted by Crippen LogP contribution is -2.64. The Kier molecular flexibility index (Phi) is 11.7. The molecule has 45 heavy (non-hydrogen) atoms. The van der Waals surface area contributed by atoms with Crippen LogP contribution in [0.15, 0.2) is 0 Å². The second-order valence-electron chi connectivity index (χ2n) is 13.2. The number of carbonyl (C=O) groups is 1. The minimum absolute atomic E-state index is 0.00448. The normalized spacial score (nSPS) is 50.9. The van der Waals surface area contributed by atoms with Crippen LogP contribution in [0.3, 0.4) is 0 Å². The van der Waals surface area contributed by atoms with E-state index in [9.17, 15) is 50.8 Å². The average molecular weight is 654 g/mol. The molecule has 16 unspecified atom stereocenters. The summed E-state index contributed by atoms with van der Waals surface area (Å²) in [7, 11) is 0. The van der Waals surface area contributed by atoms with Gasteiger partial charge < -0.3 is 74.4 Å². The zero-order chi connectivity index (χ0) is 32.6. The third-order valence-corrected chi connectivity index (χ3v) is 10.0. The number of hydrogen-bond acceptors (Lipinski definition) is 15. The minimum atomic E-state index is -1.67. The molecule has 0 aromatic heterocycles. The molecule has 16 nitrogen and oxygen atoms in total. The van der Waals surface area contributed by atoms with Crippen molar-refractivity contribution >= 4 is 5.97 Å². The van der Waals surface area contributed by atoms with Crippen LogP contribution in [0.5, 0.6) is 0 Å². The number of aliphatic hydroxyl groups is 11. The highest BCUT2D eigenvalue weighted by atomic mass is 16.7. The largest absolute Gasteiger partial charge is 0.463 e. The van der Waals surface area contributed by atoms with Gasteiger partial charge in [0.2, 0.25) is 0 Å². The van der Waals surface area contributed by atoms with Crippen molar-refractivity contribution < 1.29 is 79.2 Å². The molecule has 0 aromatic rings. The second-order valence-corrected chi connectivity index (χ2v) is 13.2. The highest BCUT2D eigenvalue weighted by Gasteiger charge is 2.56. The zero-order valence-electron chi connectivity index (χ0n) is 25.2. The molecule has 2 aliphatic carbocycles. The van der Waals surface area contributed by atoms with Gasteiger partial charge in [0, 0.05) is 25.7 Å². The van der Waals surface area contributed by atoms with Crippen LogP contribution in [0.2, 0.25) is 0 Å². The maximum absolute atomic E-state index is 11.3. The molecule has 3 saturated heterocycles. The lowest BCUT2D eigenvalue weighted by atomic mass is 9.73. The Morgan fingerprint density at radius 1 is 0.711 bits per heavy atom. The fourth-order valence-electron chi connectivity index (χ4n) is 7.50. The average Bonchev–Trinajstić information content (AvgIpc) is 3.01. The number of carbonyl (C=O) groups excluding carboxylic acids is 1. The molecule has 260 valence electrons. The monoisotopic (exact) mass is 653 g/mol. The van der Waals surface area contributed by atoms with Gasteiger partial charge in [0.25, 0.3) is 0 Å². The number of rotatable bonds is 8. The maximum atomic E-state index is 11.3. The molecule has 3 heterocycles. The smallest absolute Gasteiger partial charge is 0.302 e. The van der Waals surface area contributed by atoms with Crippen LogP contribution in [0.1, 0.15) is 51.9 Å². The lowest BCUT2D eigenvalue weighted by molar-refractivity contribution is -0.366. The molecule has 5 rings (SSSR count). The van der Waals surface area contributed by atoms with Crippen molar-refractivity contribution in [2.75, 3.05) is 13.2 Å². The second kappa shape index (κ2) is 15.0. The summed E-state index contributed by atoms with van der Waals surface area (Å²) in [6.07, 6.45) is -15.2. The van der Waals surface area contributed by atoms with E-state index in [0.29, 0.717) is 32.1 Å². The quantitative estimate of drug-likeness (QED) is 0.0891. The minimum Gasteiger partial charge on any atom is -0.463 e. The van der Waals surface area contributed by atoms with Gasteiger partial charge in [-0.2, -0.15) is 0 Å². The van der Waals surface area contributed by atoms with Crippen LogP contribution in [0.4, 0.5) is 0 Å². The van der Waals surface area contributed by atoms with Gasteiger partial charge in [0.1, 0.15) is 61.5 Å². The molecule has 0 radical (unpaired) electrons. The fraction of sp³-hybridized carbons (Fsp3) is 0.966. The summed E-state index contributed by atoms with van der Waals surface area (Å²) in [5.41, 5.74) is 0. The Balaban J connectivity index is 1.35. The number of aliphatic hydroxyl groups excluding tert-OH is 9. The number of ether oxygens (including phenoxy) is 6. The Hall–Kier alpha value is -1.09. The fourth-order valence-corrected chi connectivity index (χ4v) is 7.50. The predicted octanol–water partition coefficient (Wildman–Crippen LogP) is -4.08. The molecule has 0 bridgehead atoms. The summed E-state index contributed by atoms with van der Waals surface area (Å²) >= 11 is 0. The van der Waals surface area contributed by atoms with Crippen LogP contribution in [-0.4, -0.2) is 168 Å².